The molecule has 1 aliphatic rings. The number of thiocarbonyl (C=S) groups is 1. The van der Waals surface area contributed by atoms with Crippen LogP contribution in [-0.2, 0) is 11.4 Å². The molecule has 0 unspecified atom stereocenters. The Balaban J connectivity index is 1.59. The summed E-state index contributed by atoms with van der Waals surface area (Å²) in [6, 6.07) is 23.2. The van der Waals surface area contributed by atoms with Crippen molar-refractivity contribution >= 4 is 35.0 Å². The van der Waals surface area contributed by atoms with E-state index in [1.165, 1.54) is 12.1 Å². The molecular formula is C23H17FN2O2S. The maximum atomic E-state index is 14.1. The molecule has 29 heavy (non-hydrogen) atoms. The van der Waals surface area contributed by atoms with E-state index < -0.39 is 11.7 Å². The fourth-order valence-corrected chi connectivity index (χ4v) is 3.30. The van der Waals surface area contributed by atoms with Crippen LogP contribution in [0.15, 0.2) is 84.6 Å². The van der Waals surface area contributed by atoms with Crippen LogP contribution in [-0.4, -0.2) is 11.0 Å². The second kappa shape index (κ2) is 8.24. The summed E-state index contributed by atoms with van der Waals surface area (Å²) in [6.07, 6.45) is 1.66. The standard InChI is InChI=1S/C23H17FN2O2S/c24-18-11-5-6-12-20(18)26-22(27)19(25-23(26)29)14-17-10-4-7-13-21(17)28-15-16-8-2-1-3-9-16/h1-14H,15H2,(H,25,29)/b19-14+. The molecule has 0 aromatic heterocycles. The van der Waals surface area contributed by atoms with E-state index in [-0.39, 0.29) is 16.5 Å². The lowest BCUT2D eigenvalue weighted by atomic mass is 10.1. The quantitative estimate of drug-likeness (QED) is 0.496. The minimum Gasteiger partial charge on any atom is -0.488 e. The van der Waals surface area contributed by atoms with Gasteiger partial charge in [-0.05, 0) is 42.1 Å². The number of carbonyl (C=O) groups excluding carboxylic acids is 1. The Hall–Kier alpha value is -3.51. The van der Waals surface area contributed by atoms with Gasteiger partial charge in [-0.1, -0.05) is 60.7 Å². The van der Waals surface area contributed by atoms with Crippen LogP contribution in [0.2, 0.25) is 0 Å². The molecule has 0 bridgehead atoms. The van der Waals surface area contributed by atoms with Crippen LogP contribution in [0.25, 0.3) is 6.08 Å². The second-order valence-electron chi connectivity index (χ2n) is 6.39. The highest BCUT2D eigenvalue weighted by Crippen LogP contribution is 2.27. The molecule has 3 aromatic rings. The van der Waals surface area contributed by atoms with Gasteiger partial charge in [-0.15, -0.1) is 0 Å². The lowest BCUT2D eigenvalue weighted by molar-refractivity contribution is -0.113. The largest absolute Gasteiger partial charge is 0.488 e. The predicted octanol–water partition coefficient (Wildman–Crippen LogP) is 4.67. The highest BCUT2D eigenvalue weighted by molar-refractivity contribution is 7.80. The van der Waals surface area contributed by atoms with Crippen molar-refractivity contribution in [2.24, 2.45) is 0 Å². The normalized spacial score (nSPS) is 14.9. The summed E-state index contributed by atoms with van der Waals surface area (Å²) in [6.45, 7) is 0.405. The molecular weight excluding hydrogens is 387 g/mol. The molecule has 0 radical (unpaired) electrons. The Labute approximate surface area is 173 Å². The number of para-hydroxylation sites is 2. The minimum absolute atomic E-state index is 0.118. The molecule has 0 aliphatic carbocycles. The number of benzene rings is 3. The van der Waals surface area contributed by atoms with Gasteiger partial charge < -0.3 is 10.1 Å². The number of nitrogens with one attached hydrogen (secondary N) is 1. The van der Waals surface area contributed by atoms with Gasteiger partial charge in [0, 0.05) is 5.56 Å². The molecule has 0 saturated carbocycles. The number of rotatable bonds is 5. The van der Waals surface area contributed by atoms with Gasteiger partial charge >= 0.3 is 0 Å². The molecule has 1 saturated heterocycles. The van der Waals surface area contributed by atoms with Crippen molar-refractivity contribution in [2.45, 2.75) is 6.61 Å². The zero-order valence-electron chi connectivity index (χ0n) is 15.3. The van der Waals surface area contributed by atoms with Crippen LogP contribution < -0.4 is 15.0 Å². The van der Waals surface area contributed by atoms with E-state index in [4.69, 9.17) is 17.0 Å². The first-order chi connectivity index (χ1) is 14.1. The number of anilines is 1. The van der Waals surface area contributed by atoms with Gasteiger partial charge in [0.25, 0.3) is 5.91 Å². The third-order valence-corrected chi connectivity index (χ3v) is 4.71. The molecule has 0 spiro atoms. The molecule has 1 fully saturated rings. The molecule has 1 amide bonds. The lowest BCUT2D eigenvalue weighted by Crippen LogP contribution is -2.31. The second-order valence-corrected chi connectivity index (χ2v) is 6.78. The third-order valence-electron chi connectivity index (χ3n) is 4.43. The number of hydrogen-bond acceptors (Lipinski definition) is 3. The van der Waals surface area contributed by atoms with Gasteiger partial charge in [-0.2, -0.15) is 0 Å². The summed E-state index contributed by atoms with van der Waals surface area (Å²) in [5.74, 6) is -0.301. The molecule has 1 aliphatic heterocycles. The Bertz CT molecular complexity index is 1100. The summed E-state index contributed by atoms with van der Waals surface area (Å²) in [7, 11) is 0. The van der Waals surface area contributed by atoms with Gasteiger partial charge in [-0.25, -0.2) is 9.29 Å². The van der Waals surface area contributed by atoms with Gasteiger partial charge in [0.2, 0.25) is 0 Å². The van der Waals surface area contributed by atoms with Crippen LogP contribution in [0.4, 0.5) is 10.1 Å². The first kappa shape index (κ1) is 18.8. The average Bonchev–Trinajstić information content (AvgIpc) is 3.01. The molecule has 4 rings (SSSR count). The van der Waals surface area contributed by atoms with Crippen molar-refractivity contribution in [2.75, 3.05) is 4.90 Å². The van der Waals surface area contributed by atoms with E-state index in [1.54, 1.807) is 18.2 Å². The van der Waals surface area contributed by atoms with E-state index in [0.717, 1.165) is 16.0 Å². The fourth-order valence-electron chi connectivity index (χ4n) is 3.01. The fraction of sp³-hybridized carbons (Fsp3) is 0.0435. The van der Waals surface area contributed by atoms with Crippen molar-refractivity contribution in [1.29, 1.82) is 0 Å². The summed E-state index contributed by atoms with van der Waals surface area (Å²) >= 11 is 5.26. The summed E-state index contributed by atoms with van der Waals surface area (Å²) < 4.78 is 20.1. The van der Waals surface area contributed by atoms with E-state index in [9.17, 15) is 9.18 Å². The van der Waals surface area contributed by atoms with Gasteiger partial charge in [0.05, 0.1) is 5.69 Å². The van der Waals surface area contributed by atoms with Crippen molar-refractivity contribution in [3.8, 4) is 5.75 Å². The molecule has 0 atom stereocenters. The first-order valence-electron chi connectivity index (χ1n) is 9.01. The van der Waals surface area contributed by atoms with E-state index in [1.807, 2.05) is 54.6 Å². The SMILES string of the molecule is O=C1/C(=C\c2ccccc2OCc2ccccc2)NC(=S)N1c1ccccc1F. The monoisotopic (exact) mass is 404 g/mol. The zero-order valence-corrected chi connectivity index (χ0v) is 16.2. The molecule has 1 heterocycles. The van der Waals surface area contributed by atoms with Crippen molar-refractivity contribution in [1.82, 2.24) is 5.32 Å². The highest BCUT2D eigenvalue weighted by Gasteiger charge is 2.33. The topological polar surface area (TPSA) is 41.6 Å². The van der Waals surface area contributed by atoms with Crippen LogP contribution in [0, 0.1) is 5.82 Å². The molecule has 144 valence electrons. The van der Waals surface area contributed by atoms with Crippen LogP contribution >= 0.6 is 12.2 Å². The van der Waals surface area contributed by atoms with E-state index >= 15 is 0 Å². The van der Waals surface area contributed by atoms with Crippen LogP contribution in [0.5, 0.6) is 5.75 Å². The molecule has 1 N–H and O–H groups in total. The van der Waals surface area contributed by atoms with Gasteiger partial charge in [-0.3, -0.25) is 4.79 Å². The third kappa shape index (κ3) is 4.02. The Morgan fingerprint density at radius 2 is 1.66 bits per heavy atom. The molecule has 3 aromatic carbocycles. The summed E-state index contributed by atoms with van der Waals surface area (Å²) in [5.41, 5.74) is 2.13. The summed E-state index contributed by atoms with van der Waals surface area (Å²) in [4.78, 5) is 14.0. The number of ether oxygens (including phenoxy) is 1. The highest BCUT2D eigenvalue weighted by atomic mass is 32.1. The number of nitrogens with zero attached hydrogens (tertiary/aromatic N) is 1. The maximum absolute atomic E-state index is 14.1. The number of halogens is 1. The summed E-state index contributed by atoms with van der Waals surface area (Å²) in [5, 5.41) is 3.01. The molecule has 6 heteroatoms. The first-order valence-corrected chi connectivity index (χ1v) is 9.42. The van der Waals surface area contributed by atoms with Crippen molar-refractivity contribution in [3.05, 3.63) is 102 Å². The van der Waals surface area contributed by atoms with Gasteiger partial charge in [0.1, 0.15) is 23.9 Å². The van der Waals surface area contributed by atoms with E-state index in [2.05, 4.69) is 5.32 Å². The van der Waals surface area contributed by atoms with E-state index in [0.29, 0.717) is 12.4 Å². The van der Waals surface area contributed by atoms with Crippen LogP contribution in [0.1, 0.15) is 11.1 Å². The Morgan fingerprint density at radius 3 is 2.45 bits per heavy atom. The van der Waals surface area contributed by atoms with Crippen molar-refractivity contribution < 1.29 is 13.9 Å². The molecule has 4 nitrogen and oxygen atoms in total. The lowest BCUT2D eigenvalue weighted by Gasteiger charge is -2.14. The Kier molecular flexibility index (Phi) is 5.35. The van der Waals surface area contributed by atoms with Crippen molar-refractivity contribution in [3.63, 3.8) is 0 Å². The number of hydrogen-bond donors (Lipinski definition) is 1. The van der Waals surface area contributed by atoms with Gasteiger partial charge in [0.15, 0.2) is 5.11 Å². The average molecular weight is 404 g/mol. The smallest absolute Gasteiger partial charge is 0.281 e. The predicted molar refractivity (Wildman–Crippen MR) is 115 cm³/mol. The Morgan fingerprint density at radius 1 is 0.966 bits per heavy atom. The zero-order chi connectivity index (χ0) is 20.2. The number of amides is 1. The van der Waals surface area contributed by atoms with Crippen LogP contribution in [0.3, 0.4) is 0 Å². The maximum Gasteiger partial charge on any atom is 0.281 e. The number of carbonyl (C=O) groups is 1. The minimum atomic E-state index is -0.516.